The van der Waals surface area contributed by atoms with Crippen LogP contribution in [0.1, 0.15) is 39.5 Å². The fourth-order valence-electron chi connectivity index (χ4n) is 3.93. The van der Waals surface area contributed by atoms with Crippen LogP contribution in [0.4, 0.5) is 0 Å². The van der Waals surface area contributed by atoms with Crippen LogP contribution < -0.4 is 5.73 Å². The lowest BCUT2D eigenvalue weighted by Crippen LogP contribution is -2.82. The number of carbonyl (C=O) groups is 1. The number of nitrogens with zero attached hydrogens (tertiary/aromatic N) is 1. The lowest BCUT2D eigenvalue weighted by molar-refractivity contribution is -0.229. The van der Waals surface area contributed by atoms with Crippen molar-refractivity contribution in [2.24, 2.45) is 17.1 Å². The molecule has 1 amide bonds. The summed E-state index contributed by atoms with van der Waals surface area (Å²) in [5, 5.41) is 0. The molecule has 4 heteroatoms. The van der Waals surface area contributed by atoms with Crippen molar-refractivity contribution >= 4 is 5.91 Å². The number of rotatable bonds is 2. The van der Waals surface area contributed by atoms with Gasteiger partial charge in [0.2, 0.25) is 5.91 Å². The van der Waals surface area contributed by atoms with Crippen molar-refractivity contribution in [3.63, 3.8) is 0 Å². The average Bonchev–Trinajstić information content (AvgIpc) is 3.20. The topological polar surface area (TPSA) is 55.6 Å². The van der Waals surface area contributed by atoms with E-state index in [0.29, 0.717) is 6.04 Å². The monoisotopic (exact) mass is 252 g/mol. The van der Waals surface area contributed by atoms with E-state index in [2.05, 4.69) is 13.8 Å². The lowest BCUT2D eigenvalue weighted by Gasteiger charge is -2.65. The van der Waals surface area contributed by atoms with Gasteiger partial charge in [-0.15, -0.1) is 0 Å². The molecule has 2 saturated carbocycles. The lowest BCUT2D eigenvalue weighted by atomic mass is 9.46. The highest BCUT2D eigenvalue weighted by molar-refractivity contribution is 5.89. The number of likely N-dealkylation sites (N-methyl/N-ethyl adjacent to an activating group) is 1. The fourth-order valence-corrected chi connectivity index (χ4v) is 3.93. The number of nitrogens with two attached hydrogens (primary N) is 1. The third-order valence-corrected chi connectivity index (χ3v) is 5.45. The Balaban J connectivity index is 1.85. The number of carbonyl (C=O) groups excluding carboxylic acids is 1. The standard InChI is InChI=1S/C14H24N2O2/c1-13(2)11-10(5-4-8-18-11)14(13,15)12(17)16(3)9-6-7-9/h9-11H,4-8,15H2,1-3H3. The minimum absolute atomic E-state index is 0.127. The Labute approximate surface area is 109 Å². The second kappa shape index (κ2) is 3.70. The molecular formula is C14H24N2O2. The van der Waals surface area contributed by atoms with Crippen molar-refractivity contribution in [1.82, 2.24) is 4.90 Å². The Kier molecular flexibility index (Phi) is 2.55. The molecule has 0 aromatic heterocycles. The molecule has 2 aliphatic carbocycles. The van der Waals surface area contributed by atoms with E-state index < -0.39 is 5.54 Å². The quantitative estimate of drug-likeness (QED) is 0.802. The van der Waals surface area contributed by atoms with Crippen LogP contribution >= 0.6 is 0 Å². The van der Waals surface area contributed by atoms with E-state index in [4.69, 9.17) is 10.5 Å². The first-order chi connectivity index (χ1) is 8.40. The molecule has 1 heterocycles. The summed E-state index contributed by atoms with van der Waals surface area (Å²) in [5.74, 6) is 0.330. The van der Waals surface area contributed by atoms with Crippen LogP contribution in [0.25, 0.3) is 0 Å². The highest BCUT2D eigenvalue weighted by Gasteiger charge is 2.71. The largest absolute Gasteiger partial charge is 0.377 e. The van der Waals surface area contributed by atoms with Crippen LogP contribution in [0, 0.1) is 11.3 Å². The Morgan fingerprint density at radius 2 is 2.00 bits per heavy atom. The molecule has 102 valence electrons. The van der Waals surface area contributed by atoms with E-state index in [-0.39, 0.29) is 23.3 Å². The first-order valence-corrected chi connectivity index (χ1v) is 7.08. The number of hydrogen-bond acceptors (Lipinski definition) is 3. The Morgan fingerprint density at radius 3 is 2.61 bits per heavy atom. The third kappa shape index (κ3) is 1.36. The van der Waals surface area contributed by atoms with E-state index in [9.17, 15) is 4.79 Å². The van der Waals surface area contributed by atoms with Gasteiger partial charge in [-0.25, -0.2) is 0 Å². The molecule has 3 aliphatic rings. The van der Waals surface area contributed by atoms with Crippen molar-refractivity contribution in [3.05, 3.63) is 0 Å². The maximum Gasteiger partial charge on any atom is 0.243 e. The van der Waals surface area contributed by atoms with Crippen molar-refractivity contribution in [1.29, 1.82) is 0 Å². The van der Waals surface area contributed by atoms with E-state index in [0.717, 1.165) is 32.3 Å². The number of fused-ring (bicyclic) bond motifs is 1. The predicted molar refractivity (Wildman–Crippen MR) is 69.0 cm³/mol. The third-order valence-electron chi connectivity index (χ3n) is 5.45. The zero-order valence-corrected chi connectivity index (χ0v) is 11.6. The smallest absolute Gasteiger partial charge is 0.243 e. The van der Waals surface area contributed by atoms with Crippen LogP contribution in [0.2, 0.25) is 0 Å². The molecule has 2 N–H and O–H groups in total. The van der Waals surface area contributed by atoms with Gasteiger partial charge in [0, 0.05) is 31.0 Å². The summed E-state index contributed by atoms with van der Waals surface area (Å²) in [6.07, 6.45) is 4.46. The van der Waals surface area contributed by atoms with Crippen molar-refractivity contribution in [2.75, 3.05) is 13.7 Å². The van der Waals surface area contributed by atoms with Gasteiger partial charge in [-0.3, -0.25) is 4.79 Å². The Morgan fingerprint density at radius 1 is 1.33 bits per heavy atom. The molecule has 3 fully saturated rings. The molecular weight excluding hydrogens is 228 g/mol. The molecule has 1 aliphatic heterocycles. The van der Waals surface area contributed by atoms with Gasteiger partial charge in [-0.05, 0) is 25.7 Å². The summed E-state index contributed by atoms with van der Waals surface area (Å²) in [5.41, 5.74) is 5.60. The normalized spacial score (nSPS) is 41.8. The Bertz CT molecular complexity index is 378. The summed E-state index contributed by atoms with van der Waals surface area (Å²) in [6.45, 7) is 4.98. The fraction of sp³-hybridized carbons (Fsp3) is 0.929. The molecule has 3 unspecified atom stereocenters. The van der Waals surface area contributed by atoms with E-state index in [1.54, 1.807) is 0 Å². The van der Waals surface area contributed by atoms with Gasteiger partial charge >= 0.3 is 0 Å². The molecule has 0 bridgehead atoms. The number of amides is 1. The van der Waals surface area contributed by atoms with Gasteiger partial charge in [0.25, 0.3) is 0 Å². The average molecular weight is 252 g/mol. The molecule has 3 rings (SSSR count). The molecule has 1 saturated heterocycles. The van der Waals surface area contributed by atoms with Crippen LogP contribution in [0.15, 0.2) is 0 Å². The summed E-state index contributed by atoms with van der Waals surface area (Å²) >= 11 is 0. The minimum Gasteiger partial charge on any atom is -0.377 e. The van der Waals surface area contributed by atoms with Gasteiger partial charge in [-0.2, -0.15) is 0 Å². The molecule has 18 heavy (non-hydrogen) atoms. The first kappa shape index (κ1) is 12.4. The first-order valence-electron chi connectivity index (χ1n) is 7.08. The van der Waals surface area contributed by atoms with Crippen LogP contribution in [0.3, 0.4) is 0 Å². The van der Waals surface area contributed by atoms with Crippen LogP contribution in [-0.4, -0.2) is 42.1 Å². The van der Waals surface area contributed by atoms with Crippen LogP contribution in [-0.2, 0) is 9.53 Å². The molecule has 4 nitrogen and oxygen atoms in total. The zero-order valence-electron chi connectivity index (χ0n) is 11.6. The van der Waals surface area contributed by atoms with E-state index >= 15 is 0 Å². The summed E-state index contributed by atoms with van der Waals surface area (Å²) in [7, 11) is 1.90. The van der Waals surface area contributed by atoms with Gasteiger partial charge in [0.05, 0.1) is 6.10 Å². The zero-order chi connectivity index (χ0) is 13.1. The van der Waals surface area contributed by atoms with Crippen molar-refractivity contribution in [2.45, 2.75) is 57.2 Å². The maximum absolute atomic E-state index is 12.7. The summed E-state index contributed by atoms with van der Waals surface area (Å²) in [4.78, 5) is 14.6. The molecule has 0 aromatic carbocycles. The number of ether oxygens (including phenoxy) is 1. The molecule has 0 spiro atoms. The number of hydrogen-bond donors (Lipinski definition) is 1. The van der Waals surface area contributed by atoms with E-state index in [1.807, 2.05) is 11.9 Å². The SMILES string of the molecule is CN(C(=O)C1(N)C2CCCOC2C1(C)C)C1CC1. The highest BCUT2D eigenvalue weighted by Crippen LogP contribution is 2.58. The minimum atomic E-state index is -0.727. The van der Waals surface area contributed by atoms with Gasteiger partial charge < -0.3 is 15.4 Å². The maximum atomic E-state index is 12.7. The molecule has 3 atom stereocenters. The second-order valence-electron chi connectivity index (χ2n) is 6.78. The summed E-state index contributed by atoms with van der Waals surface area (Å²) < 4.78 is 5.84. The van der Waals surface area contributed by atoms with E-state index in [1.165, 1.54) is 0 Å². The summed E-state index contributed by atoms with van der Waals surface area (Å²) in [6, 6.07) is 0.428. The van der Waals surface area contributed by atoms with Gasteiger partial charge in [0.1, 0.15) is 5.54 Å². The molecule has 0 radical (unpaired) electrons. The van der Waals surface area contributed by atoms with Gasteiger partial charge in [0.15, 0.2) is 0 Å². The molecule has 0 aromatic rings. The highest BCUT2D eigenvalue weighted by atomic mass is 16.5. The van der Waals surface area contributed by atoms with Gasteiger partial charge in [-0.1, -0.05) is 13.8 Å². The second-order valence-corrected chi connectivity index (χ2v) is 6.78. The van der Waals surface area contributed by atoms with Crippen molar-refractivity contribution in [3.8, 4) is 0 Å². The predicted octanol–water partition coefficient (Wildman–Crippen LogP) is 1.14. The Hall–Kier alpha value is -0.610. The van der Waals surface area contributed by atoms with Crippen molar-refractivity contribution < 1.29 is 9.53 Å². The van der Waals surface area contributed by atoms with Crippen LogP contribution in [0.5, 0.6) is 0 Å².